The molecule has 9 nitrogen and oxygen atoms in total. The fraction of sp³-hybridized carbons (Fsp3) is 0.591. The zero-order valence-corrected chi connectivity index (χ0v) is 19.6. The van der Waals surface area contributed by atoms with E-state index in [2.05, 4.69) is 0 Å². The normalized spacial score (nSPS) is 24.2. The number of piperidine rings is 1. The Labute approximate surface area is 189 Å². The van der Waals surface area contributed by atoms with E-state index in [0.29, 0.717) is 50.0 Å². The summed E-state index contributed by atoms with van der Waals surface area (Å²) in [5.41, 5.74) is 0.355. The molecular formula is C22H30N4O5S. The highest BCUT2D eigenvalue weighted by atomic mass is 32.2. The lowest BCUT2D eigenvalue weighted by molar-refractivity contribution is -0.132. The molecule has 0 saturated carbocycles. The maximum Gasteiger partial charge on any atom is 0.257 e. The third kappa shape index (κ3) is 3.79. The number of hydrogen-bond donors (Lipinski definition) is 0. The number of fused-ring (bicyclic) bond motifs is 3. The molecule has 1 aromatic rings. The summed E-state index contributed by atoms with van der Waals surface area (Å²) in [6.07, 6.45) is 3.43. The highest BCUT2D eigenvalue weighted by Gasteiger charge is 2.52. The molecule has 0 aromatic heterocycles. The molecular weight excluding hydrogens is 432 g/mol. The Morgan fingerprint density at radius 2 is 1.84 bits per heavy atom. The number of sulfonamides is 1. The van der Waals surface area contributed by atoms with Gasteiger partial charge in [-0.05, 0) is 38.3 Å². The van der Waals surface area contributed by atoms with Crippen LogP contribution in [0.2, 0.25) is 0 Å². The summed E-state index contributed by atoms with van der Waals surface area (Å²) in [6.45, 7) is 3.10. The van der Waals surface area contributed by atoms with Crippen LogP contribution in [0.1, 0.15) is 49.4 Å². The van der Waals surface area contributed by atoms with Crippen LogP contribution >= 0.6 is 0 Å². The molecule has 174 valence electrons. The van der Waals surface area contributed by atoms with Gasteiger partial charge in [-0.15, -0.1) is 0 Å². The lowest BCUT2D eigenvalue weighted by Gasteiger charge is -2.48. The third-order valence-electron chi connectivity index (χ3n) is 7.15. The molecule has 2 fully saturated rings. The number of anilines is 1. The predicted octanol–water partition coefficient (Wildman–Crippen LogP) is 1.26. The van der Waals surface area contributed by atoms with Gasteiger partial charge in [-0.2, -0.15) is 0 Å². The van der Waals surface area contributed by atoms with Crippen LogP contribution in [0, 0.1) is 0 Å². The number of amides is 3. The molecule has 2 saturated heterocycles. The van der Waals surface area contributed by atoms with Crippen LogP contribution in [0.5, 0.6) is 0 Å². The number of rotatable bonds is 5. The van der Waals surface area contributed by atoms with Crippen molar-refractivity contribution in [2.75, 3.05) is 37.8 Å². The van der Waals surface area contributed by atoms with E-state index < -0.39 is 15.7 Å². The molecule has 0 aliphatic carbocycles. The fourth-order valence-corrected chi connectivity index (χ4v) is 5.91. The Morgan fingerprint density at radius 1 is 1.19 bits per heavy atom. The Balaban J connectivity index is 1.43. The van der Waals surface area contributed by atoms with Gasteiger partial charge in [-0.3, -0.25) is 19.3 Å². The SMILES string of the molecule is CN(C1CCN(C(=O)CCN2C(=O)c3ccccc3N3C(=O)CCC23C)CC1)S(C)(=O)=O. The van der Waals surface area contributed by atoms with Gasteiger partial charge in [0, 0.05) is 45.6 Å². The summed E-state index contributed by atoms with van der Waals surface area (Å²) >= 11 is 0. The van der Waals surface area contributed by atoms with Gasteiger partial charge in [0.25, 0.3) is 5.91 Å². The first-order chi connectivity index (χ1) is 15.0. The number of nitrogens with zero attached hydrogens (tertiary/aromatic N) is 4. The molecule has 4 rings (SSSR count). The molecule has 0 radical (unpaired) electrons. The van der Waals surface area contributed by atoms with Crippen molar-refractivity contribution in [3.63, 3.8) is 0 Å². The van der Waals surface area contributed by atoms with Gasteiger partial charge in [-0.25, -0.2) is 12.7 Å². The minimum atomic E-state index is -3.26. The van der Waals surface area contributed by atoms with E-state index in [1.54, 1.807) is 39.9 Å². The van der Waals surface area contributed by atoms with Crippen molar-refractivity contribution >= 4 is 33.4 Å². The summed E-state index contributed by atoms with van der Waals surface area (Å²) in [5, 5.41) is 0. The van der Waals surface area contributed by atoms with E-state index in [4.69, 9.17) is 0 Å². The van der Waals surface area contributed by atoms with Crippen LogP contribution in [0.3, 0.4) is 0 Å². The first-order valence-electron chi connectivity index (χ1n) is 11.0. The molecule has 0 spiro atoms. The molecule has 1 atom stereocenters. The average Bonchev–Trinajstić information content (AvgIpc) is 3.07. The maximum atomic E-state index is 13.3. The minimum Gasteiger partial charge on any atom is -0.343 e. The van der Waals surface area contributed by atoms with Gasteiger partial charge in [0.1, 0.15) is 5.66 Å². The Hall–Kier alpha value is -2.46. The van der Waals surface area contributed by atoms with Crippen molar-refractivity contribution in [2.45, 2.75) is 50.7 Å². The van der Waals surface area contributed by atoms with Gasteiger partial charge < -0.3 is 9.80 Å². The van der Waals surface area contributed by atoms with Gasteiger partial charge in [0.05, 0.1) is 17.5 Å². The smallest absolute Gasteiger partial charge is 0.257 e. The summed E-state index contributed by atoms with van der Waals surface area (Å²) < 4.78 is 24.9. The first kappa shape index (κ1) is 22.7. The number of carbonyl (C=O) groups is 3. The lowest BCUT2D eigenvalue weighted by atomic mass is 9.98. The number of para-hydroxylation sites is 1. The highest BCUT2D eigenvalue weighted by molar-refractivity contribution is 7.88. The standard InChI is InChI=1S/C22H30N4O5S/c1-22-12-8-20(28)26(22)18-7-5-4-6-17(18)21(29)25(22)15-11-19(27)24-13-9-16(10-14-24)23(2)32(3,30)31/h4-7,16H,8-15H2,1-3H3. The number of likely N-dealkylation sites (tertiary alicyclic amines) is 1. The predicted molar refractivity (Wildman–Crippen MR) is 119 cm³/mol. The van der Waals surface area contributed by atoms with Gasteiger partial charge in [0.2, 0.25) is 21.8 Å². The second kappa shape index (κ2) is 8.15. The Morgan fingerprint density at radius 3 is 2.50 bits per heavy atom. The van der Waals surface area contributed by atoms with E-state index in [0.717, 1.165) is 0 Å². The summed E-state index contributed by atoms with van der Waals surface area (Å²) in [7, 11) is -1.69. The monoisotopic (exact) mass is 462 g/mol. The van der Waals surface area contributed by atoms with Crippen molar-refractivity contribution in [1.82, 2.24) is 14.1 Å². The first-order valence-corrected chi connectivity index (χ1v) is 12.8. The third-order valence-corrected chi connectivity index (χ3v) is 8.49. The fourth-order valence-electron chi connectivity index (χ4n) is 5.16. The van der Waals surface area contributed by atoms with E-state index in [9.17, 15) is 22.8 Å². The molecule has 3 aliphatic heterocycles. The van der Waals surface area contributed by atoms with Crippen molar-refractivity contribution in [3.8, 4) is 0 Å². The molecule has 1 unspecified atom stereocenters. The molecule has 3 heterocycles. The molecule has 3 amide bonds. The molecule has 3 aliphatic rings. The van der Waals surface area contributed by atoms with Crippen LogP contribution in [0.4, 0.5) is 5.69 Å². The van der Waals surface area contributed by atoms with E-state index in [1.165, 1.54) is 10.6 Å². The topological polar surface area (TPSA) is 98.3 Å². The number of carbonyl (C=O) groups excluding carboxylic acids is 3. The quantitative estimate of drug-likeness (QED) is 0.656. The van der Waals surface area contributed by atoms with Crippen LogP contribution < -0.4 is 4.90 Å². The number of benzene rings is 1. The van der Waals surface area contributed by atoms with Crippen molar-refractivity contribution in [3.05, 3.63) is 29.8 Å². The van der Waals surface area contributed by atoms with Crippen LogP contribution in [0.15, 0.2) is 24.3 Å². The van der Waals surface area contributed by atoms with Gasteiger partial charge in [-0.1, -0.05) is 12.1 Å². The zero-order valence-electron chi connectivity index (χ0n) is 18.8. The largest absolute Gasteiger partial charge is 0.343 e. The van der Waals surface area contributed by atoms with E-state index in [-0.39, 0.29) is 36.7 Å². The summed E-state index contributed by atoms with van der Waals surface area (Å²) in [6, 6.07) is 7.02. The van der Waals surface area contributed by atoms with Gasteiger partial charge in [0.15, 0.2) is 0 Å². The second-order valence-electron chi connectivity index (χ2n) is 9.06. The molecule has 10 heteroatoms. The minimum absolute atomic E-state index is 0.0131. The van der Waals surface area contributed by atoms with Crippen LogP contribution in [-0.2, 0) is 19.6 Å². The summed E-state index contributed by atoms with van der Waals surface area (Å²) in [4.78, 5) is 43.9. The van der Waals surface area contributed by atoms with Crippen LogP contribution in [0.25, 0.3) is 0 Å². The maximum absolute atomic E-state index is 13.3. The average molecular weight is 463 g/mol. The molecule has 0 N–H and O–H groups in total. The Kier molecular flexibility index (Phi) is 5.79. The number of hydrogen-bond acceptors (Lipinski definition) is 5. The van der Waals surface area contributed by atoms with Crippen LogP contribution in [-0.4, -0.2) is 84.9 Å². The molecule has 0 bridgehead atoms. The van der Waals surface area contributed by atoms with E-state index in [1.807, 2.05) is 13.0 Å². The highest BCUT2D eigenvalue weighted by Crippen LogP contribution is 2.44. The van der Waals surface area contributed by atoms with Crippen molar-refractivity contribution in [2.24, 2.45) is 0 Å². The van der Waals surface area contributed by atoms with Crippen molar-refractivity contribution in [1.29, 1.82) is 0 Å². The molecule has 1 aromatic carbocycles. The molecule has 32 heavy (non-hydrogen) atoms. The Bertz CT molecular complexity index is 1050. The summed E-state index contributed by atoms with van der Waals surface area (Å²) in [5.74, 6) is -0.229. The lowest BCUT2D eigenvalue weighted by Crippen LogP contribution is -2.62. The second-order valence-corrected chi connectivity index (χ2v) is 11.1. The van der Waals surface area contributed by atoms with Gasteiger partial charge >= 0.3 is 0 Å². The van der Waals surface area contributed by atoms with Crippen molar-refractivity contribution < 1.29 is 22.8 Å². The zero-order chi connectivity index (χ0) is 23.3. The van der Waals surface area contributed by atoms with E-state index >= 15 is 0 Å².